The van der Waals surface area contributed by atoms with Crippen LogP contribution in [0.2, 0.25) is 0 Å². The Hall–Kier alpha value is -2.04. The molecule has 0 radical (unpaired) electrons. The fraction of sp³-hybridized carbons (Fsp3) is 0.619. The van der Waals surface area contributed by atoms with Gasteiger partial charge in [-0.2, -0.15) is 0 Å². The van der Waals surface area contributed by atoms with Gasteiger partial charge in [-0.1, -0.05) is 32.4 Å². The van der Waals surface area contributed by atoms with Crippen LogP contribution in [0.25, 0.3) is 0 Å². The third-order valence-electron chi connectivity index (χ3n) is 6.11. The van der Waals surface area contributed by atoms with Crippen LogP contribution in [0.3, 0.4) is 0 Å². The standard InChI is InChI=1S/C21H30N2O3/c1-14-9-10-15(2)18(13-14)26-12-6-11-23-19(24)21(22-20(23)25)16(3)7-5-8-17(21)4/h9-10,13,16-17H,5-8,11-12H2,1-4H3,(H,22,25). The number of imide groups is 1. The van der Waals surface area contributed by atoms with Crippen LogP contribution in [-0.2, 0) is 4.79 Å². The molecule has 142 valence electrons. The predicted molar refractivity (Wildman–Crippen MR) is 101 cm³/mol. The first-order chi connectivity index (χ1) is 12.4. The summed E-state index contributed by atoms with van der Waals surface area (Å²) in [5.74, 6) is 1.18. The first-order valence-corrected chi connectivity index (χ1v) is 9.70. The molecule has 5 nitrogen and oxygen atoms in total. The van der Waals surface area contributed by atoms with Crippen molar-refractivity contribution in [1.82, 2.24) is 10.2 Å². The van der Waals surface area contributed by atoms with Crippen LogP contribution >= 0.6 is 0 Å². The van der Waals surface area contributed by atoms with E-state index in [1.165, 1.54) is 4.90 Å². The highest BCUT2D eigenvalue weighted by atomic mass is 16.5. The molecule has 2 aliphatic rings. The van der Waals surface area contributed by atoms with Crippen LogP contribution < -0.4 is 10.1 Å². The fourth-order valence-corrected chi connectivity index (χ4v) is 4.42. The van der Waals surface area contributed by atoms with Crippen molar-refractivity contribution in [3.05, 3.63) is 29.3 Å². The number of amides is 3. The Balaban J connectivity index is 1.59. The summed E-state index contributed by atoms with van der Waals surface area (Å²) < 4.78 is 5.86. The molecular formula is C21H30N2O3. The van der Waals surface area contributed by atoms with Crippen LogP contribution in [-0.4, -0.2) is 35.5 Å². The molecule has 1 heterocycles. The van der Waals surface area contributed by atoms with Gasteiger partial charge in [-0.25, -0.2) is 4.79 Å². The largest absolute Gasteiger partial charge is 0.493 e. The van der Waals surface area contributed by atoms with Gasteiger partial charge < -0.3 is 10.1 Å². The number of nitrogens with zero attached hydrogens (tertiary/aromatic N) is 1. The van der Waals surface area contributed by atoms with E-state index in [1.807, 2.05) is 26.0 Å². The van der Waals surface area contributed by atoms with E-state index in [1.54, 1.807) is 0 Å². The van der Waals surface area contributed by atoms with Gasteiger partial charge in [0.2, 0.25) is 0 Å². The van der Waals surface area contributed by atoms with Crippen LogP contribution in [0, 0.1) is 25.7 Å². The summed E-state index contributed by atoms with van der Waals surface area (Å²) >= 11 is 0. The van der Waals surface area contributed by atoms with Crippen molar-refractivity contribution in [2.45, 2.75) is 58.9 Å². The SMILES string of the molecule is Cc1ccc(C)c(OCCCN2C(=O)NC3(C2=O)C(C)CCCC3C)c1. The zero-order valence-corrected chi connectivity index (χ0v) is 16.3. The van der Waals surface area contributed by atoms with E-state index in [2.05, 4.69) is 25.2 Å². The predicted octanol–water partition coefficient (Wildman–Crippen LogP) is 3.82. The van der Waals surface area contributed by atoms with E-state index in [9.17, 15) is 9.59 Å². The molecule has 1 N–H and O–H groups in total. The lowest BCUT2D eigenvalue weighted by molar-refractivity contribution is -0.136. The number of rotatable bonds is 5. The first kappa shape index (κ1) is 18.7. The van der Waals surface area contributed by atoms with Gasteiger partial charge in [-0.05, 0) is 62.1 Å². The van der Waals surface area contributed by atoms with E-state index < -0.39 is 5.54 Å². The van der Waals surface area contributed by atoms with E-state index in [0.29, 0.717) is 19.6 Å². The lowest BCUT2D eigenvalue weighted by Crippen LogP contribution is -2.58. The molecule has 3 amide bonds. The number of nitrogens with one attached hydrogen (secondary N) is 1. The highest BCUT2D eigenvalue weighted by molar-refractivity contribution is 6.07. The van der Waals surface area contributed by atoms with Crippen molar-refractivity contribution in [2.24, 2.45) is 11.8 Å². The topological polar surface area (TPSA) is 58.6 Å². The maximum Gasteiger partial charge on any atom is 0.325 e. The summed E-state index contributed by atoms with van der Waals surface area (Å²) in [6, 6.07) is 5.87. The molecule has 1 aromatic carbocycles. The molecule has 1 aliphatic heterocycles. The minimum Gasteiger partial charge on any atom is -0.493 e. The number of ether oxygens (including phenoxy) is 1. The normalized spacial score (nSPS) is 28.5. The van der Waals surface area contributed by atoms with E-state index in [0.717, 1.165) is 36.1 Å². The second-order valence-corrected chi connectivity index (χ2v) is 7.96. The molecule has 1 aliphatic carbocycles. The average molecular weight is 358 g/mol. The second kappa shape index (κ2) is 7.29. The number of aryl methyl sites for hydroxylation is 2. The molecule has 5 heteroatoms. The van der Waals surface area contributed by atoms with Crippen molar-refractivity contribution < 1.29 is 14.3 Å². The summed E-state index contributed by atoms with van der Waals surface area (Å²) in [6.45, 7) is 9.10. The highest BCUT2D eigenvalue weighted by Crippen LogP contribution is 2.42. The Morgan fingerprint density at radius 1 is 1.19 bits per heavy atom. The van der Waals surface area contributed by atoms with Crippen molar-refractivity contribution >= 4 is 11.9 Å². The minimum absolute atomic E-state index is 0.0473. The van der Waals surface area contributed by atoms with E-state index in [4.69, 9.17) is 4.74 Å². The number of urea groups is 1. The summed E-state index contributed by atoms with van der Waals surface area (Å²) in [6.07, 6.45) is 3.72. The molecular weight excluding hydrogens is 328 g/mol. The Bertz CT molecular complexity index is 690. The number of hydrogen-bond acceptors (Lipinski definition) is 3. The number of carbonyl (C=O) groups is 2. The molecule has 1 aromatic rings. The fourth-order valence-electron chi connectivity index (χ4n) is 4.42. The molecule has 3 rings (SSSR count). The van der Waals surface area contributed by atoms with Gasteiger partial charge in [0.05, 0.1) is 6.61 Å². The van der Waals surface area contributed by atoms with Crippen LogP contribution in [0.5, 0.6) is 5.75 Å². The number of carbonyl (C=O) groups excluding carboxylic acids is 2. The molecule has 2 atom stereocenters. The molecule has 1 saturated heterocycles. The van der Waals surface area contributed by atoms with Gasteiger partial charge in [0.15, 0.2) is 0 Å². The van der Waals surface area contributed by atoms with Gasteiger partial charge in [-0.15, -0.1) is 0 Å². The third kappa shape index (κ3) is 3.19. The minimum atomic E-state index is -0.705. The maximum absolute atomic E-state index is 13.1. The number of hydrogen-bond donors (Lipinski definition) is 1. The van der Waals surface area contributed by atoms with Crippen LogP contribution in [0.4, 0.5) is 4.79 Å². The van der Waals surface area contributed by atoms with E-state index >= 15 is 0 Å². The smallest absolute Gasteiger partial charge is 0.325 e. The molecule has 0 bridgehead atoms. The average Bonchev–Trinajstić information content (AvgIpc) is 2.85. The van der Waals surface area contributed by atoms with E-state index in [-0.39, 0.29) is 23.8 Å². The quantitative estimate of drug-likeness (QED) is 0.643. The Labute approximate surface area is 156 Å². The zero-order chi connectivity index (χ0) is 18.9. The van der Waals surface area contributed by atoms with Gasteiger partial charge in [0.25, 0.3) is 5.91 Å². The van der Waals surface area contributed by atoms with Crippen molar-refractivity contribution in [3.63, 3.8) is 0 Å². The third-order valence-corrected chi connectivity index (χ3v) is 6.11. The van der Waals surface area contributed by atoms with Gasteiger partial charge >= 0.3 is 6.03 Å². The van der Waals surface area contributed by atoms with Crippen molar-refractivity contribution in [2.75, 3.05) is 13.2 Å². The maximum atomic E-state index is 13.1. The lowest BCUT2D eigenvalue weighted by atomic mass is 9.67. The Morgan fingerprint density at radius 2 is 1.88 bits per heavy atom. The lowest BCUT2D eigenvalue weighted by Gasteiger charge is -2.42. The van der Waals surface area contributed by atoms with Gasteiger partial charge in [0.1, 0.15) is 11.3 Å². The molecule has 0 aromatic heterocycles. The van der Waals surface area contributed by atoms with Crippen LogP contribution in [0.1, 0.15) is 50.7 Å². The summed E-state index contributed by atoms with van der Waals surface area (Å²) in [4.78, 5) is 26.9. The first-order valence-electron chi connectivity index (χ1n) is 9.70. The Morgan fingerprint density at radius 3 is 2.58 bits per heavy atom. The molecule has 26 heavy (non-hydrogen) atoms. The van der Waals surface area contributed by atoms with Gasteiger partial charge in [-0.3, -0.25) is 9.69 Å². The van der Waals surface area contributed by atoms with Crippen molar-refractivity contribution in [3.8, 4) is 5.75 Å². The molecule has 2 unspecified atom stereocenters. The zero-order valence-electron chi connectivity index (χ0n) is 16.3. The van der Waals surface area contributed by atoms with Gasteiger partial charge in [0, 0.05) is 6.54 Å². The summed E-state index contributed by atoms with van der Waals surface area (Å²) in [5.41, 5.74) is 1.54. The Kier molecular flexibility index (Phi) is 5.26. The van der Waals surface area contributed by atoms with Crippen LogP contribution in [0.15, 0.2) is 18.2 Å². The molecule has 1 spiro atoms. The monoisotopic (exact) mass is 358 g/mol. The molecule has 1 saturated carbocycles. The molecule has 2 fully saturated rings. The second-order valence-electron chi connectivity index (χ2n) is 7.96. The van der Waals surface area contributed by atoms with Crippen molar-refractivity contribution in [1.29, 1.82) is 0 Å². The number of benzene rings is 1. The summed E-state index contributed by atoms with van der Waals surface area (Å²) in [7, 11) is 0. The summed E-state index contributed by atoms with van der Waals surface area (Å²) in [5, 5.41) is 3.04. The highest BCUT2D eigenvalue weighted by Gasteiger charge is 2.58.